The third kappa shape index (κ3) is 5.39. The van der Waals surface area contributed by atoms with Crippen LogP contribution < -0.4 is 0 Å². The summed E-state index contributed by atoms with van der Waals surface area (Å²) < 4.78 is 177. The fraction of sp³-hybridized carbons (Fsp3) is 0.444. The molecule has 0 aliphatic rings. The summed E-state index contributed by atoms with van der Waals surface area (Å²) in [4.78, 5) is 10.4. The van der Waals surface area contributed by atoms with Gasteiger partial charge < -0.3 is 14.3 Å². The molecule has 0 bridgehead atoms. The van der Waals surface area contributed by atoms with Gasteiger partial charge in [0.1, 0.15) is 0 Å². The topological polar surface area (TPSA) is 59.5 Å². The lowest BCUT2D eigenvalue weighted by Crippen LogP contribution is -2.51. The van der Waals surface area contributed by atoms with Gasteiger partial charge in [-0.3, -0.25) is 4.79 Å². The lowest BCUT2D eigenvalue weighted by molar-refractivity contribution is -0.351. The van der Waals surface area contributed by atoms with Crippen molar-refractivity contribution < 1.29 is 71.5 Å². The van der Waals surface area contributed by atoms with Crippen LogP contribution in [-0.4, -0.2) is 51.5 Å². The number of aldehydes is 1. The molecule has 37 heavy (non-hydrogen) atoms. The van der Waals surface area contributed by atoms with Crippen molar-refractivity contribution in [2.24, 2.45) is 19.3 Å². The Hall–Kier alpha value is -3.28. The summed E-state index contributed by atoms with van der Waals surface area (Å²) in [7, 11) is 1.53. The average Bonchev–Trinajstić information content (AvgIpc) is 3.27. The Bertz CT molecular complexity index is 1090. The van der Waals surface area contributed by atoms with Crippen LogP contribution in [0.2, 0.25) is 0 Å². The van der Waals surface area contributed by atoms with Gasteiger partial charge in [0.2, 0.25) is 0 Å². The number of carbonyl (C=O) groups is 1. The Morgan fingerprint density at radius 1 is 0.622 bits per heavy atom. The molecule has 2 heterocycles. The van der Waals surface area contributed by atoms with Gasteiger partial charge in [-0.25, -0.2) is 8.78 Å². The largest absolute Gasteiger partial charge is 0.437 e. The highest BCUT2D eigenvalue weighted by atomic mass is 19.4. The molecule has 5 nitrogen and oxygen atoms in total. The van der Waals surface area contributed by atoms with Gasteiger partial charge in [0.25, 0.3) is 0 Å². The molecule has 1 N–H and O–H groups in total. The number of alkyl halides is 14. The molecule has 210 valence electrons. The van der Waals surface area contributed by atoms with Crippen LogP contribution in [-0.2, 0) is 25.4 Å². The van der Waals surface area contributed by atoms with Gasteiger partial charge in [-0.2, -0.15) is 52.7 Å². The molecule has 19 heteroatoms. The summed E-state index contributed by atoms with van der Waals surface area (Å²) in [5.74, 6) is 0. The highest BCUT2D eigenvalue weighted by Gasteiger charge is 2.75. The molecule has 0 saturated heterocycles. The molecular weight excluding hydrogens is 556 g/mol. The van der Waals surface area contributed by atoms with Gasteiger partial charge in [0, 0.05) is 14.1 Å². The number of rotatable bonds is 4. The number of nitrogens with zero attached hydrogens (tertiary/aromatic N) is 3. The maximum absolute atomic E-state index is 13.7. The average molecular weight is 569 g/mol. The first-order valence-electron chi connectivity index (χ1n) is 9.03. The van der Waals surface area contributed by atoms with E-state index in [-0.39, 0.29) is 22.6 Å². The fourth-order valence-electron chi connectivity index (χ4n) is 2.96. The zero-order valence-electron chi connectivity index (χ0n) is 18.0. The summed E-state index contributed by atoms with van der Waals surface area (Å²) in [6, 6.07) is 2.05. The fourth-order valence-corrected chi connectivity index (χ4v) is 2.96. The second kappa shape index (κ2) is 9.88. The van der Waals surface area contributed by atoms with Crippen LogP contribution in [0.4, 0.5) is 61.5 Å². The molecule has 2 rings (SSSR count). The summed E-state index contributed by atoms with van der Waals surface area (Å²) in [5.41, 5.74) is -15.2. The predicted octanol–water partition coefficient (Wildman–Crippen LogP) is 6.25. The molecule has 2 aromatic heterocycles. The van der Waals surface area contributed by atoms with Crippen molar-refractivity contribution in [3.8, 4) is 0 Å². The van der Waals surface area contributed by atoms with Crippen LogP contribution in [0, 0.1) is 0 Å². The molecule has 0 fully saturated rings. The number of halogens is 14. The number of oxime groups is 1. The van der Waals surface area contributed by atoms with Crippen LogP contribution in [0.3, 0.4) is 0 Å². The second-order valence-corrected chi connectivity index (χ2v) is 7.08. The minimum Gasteiger partial charge on any atom is -0.411 e. The summed E-state index contributed by atoms with van der Waals surface area (Å²) in [6.07, 6.45) is -24.1. The standard InChI is InChI=1S/C9H7F7N2O.C9H6F7NO/c1-18-5(4-17-19)2-3-6(18)7(10,8(11,12)13)9(14,15)16;1-17-5(4-18)2-3-6(17)7(10,8(11,12)13)9(14,15)16/h2-4,19H,1H3;2-4H,1H3. The van der Waals surface area contributed by atoms with Crippen molar-refractivity contribution in [2.75, 3.05) is 0 Å². The van der Waals surface area contributed by atoms with E-state index in [0.29, 0.717) is 22.9 Å². The van der Waals surface area contributed by atoms with Crippen LogP contribution >= 0.6 is 0 Å². The molecule has 2 aromatic rings. The van der Waals surface area contributed by atoms with Crippen LogP contribution in [0.15, 0.2) is 29.4 Å². The third-order valence-corrected chi connectivity index (χ3v) is 4.90. The normalized spacial score (nSPS) is 14.1. The monoisotopic (exact) mass is 569 g/mol. The van der Waals surface area contributed by atoms with E-state index >= 15 is 0 Å². The molecule has 0 aliphatic heterocycles. The maximum Gasteiger partial charge on any atom is 0.437 e. The van der Waals surface area contributed by atoms with Gasteiger partial charge in [-0.15, -0.1) is 0 Å². The van der Waals surface area contributed by atoms with Crippen molar-refractivity contribution in [1.29, 1.82) is 0 Å². The van der Waals surface area contributed by atoms with E-state index in [0.717, 1.165) is 20.2 Å². The number of aromatic nitrogens is 2. The minimum absolute atomic E-state index is 0.0245. The molecule has 0 aromatic carbocycles. The molecule has 0 radical (unpaired) electrons. The third-order valence-electron chi connectivity index (χ3n) is 4.90. The van der Waals surface area contributed by atoms with Crippen LogP contribution in [0.1, 0.15) is 27.6 Å². The molecule has 0 spiro atoms. The summed E-state index contributed by atoms with van der Waals surface area (Å²) in [6.45, 7) is 0. The van der Waals surface area contributed by atoms with Gasteiger partial charge in [0.05, 0.1) is 29.0 Å². The van der Waals surface area contributed by atoms with E-state index in [9.17, 15) is 66.3 Å². The molecule has 0 unspecified atom stereocenters. The van der Waals surface area contributed by atoms with E-state index < -0.39 is 53.1 Å². The van der Waals surface area contributed by atoms with Gasteiger partial charge in [-0.05, 0) is 24.3 Å². The van der Waals surface area contributed by atoms with Crippen LogP contribution in [0.25, 0.3) is 0 Å². The lowest BCUT2D eigenvalue weighted by Gasteiger charge is -2.30. The SMILES string of the molecule is Cn1c(C=NO)ccc1C(F)(C(F)(F)F)C(F)(F)F.Cn1c(C=O)ccc1C(F)(C(F)(F)F)C(F)(F)F. The smallest absolute Gasteiger partial charge is 0.411 e. The number of hydrogen-bond donors (Lipinski definition) is 1. The van der Waals surface area contributed by atoms with Gasteiger partial charge in [-0.1, -0.05) is 5.16 Å². The van der Waals surface area contributed by atoms with E-state index in [1.54, 1.807) is 0 Å². The first-order chi connectivity index (χ1) is 16.4. The predicted molar refractivity (Wildman–Crippen MR) is 95.4 cm³/mol. The highest BCUT2D eigenvalue weighted by molar-refractivity contribution is 5.77. The van der Waals surface area contributed by atoms with Crippen molar-refractivity contribution in [1.82, 2.24) is 9.13 Å². The Morgan fingerprint density at radius 3 is 1.16 bits per heavy atom. The van der Waals surface area contributed by atoms with E-state index in [1.807, 2.05) is 0 Å². The molecule has 0 saturated carbocycles. The second-order valence-electron chi connectivity index (χ2n) is 7.08. The minimum atomic E-state index is -6.18. The Balaban J connectivity index is 0.000000371. The Labute approximate surface area is 196 Å². The first kappa shape index (κ1) is 31.7. The van der Waals surface area contributed by atoms with Crippen molar-refractivity contribution in [3.63, 3.8) is 0 Å². The van der Waals surface area contributed by atoms with Gasteiger partial charge in [0.15, 0.2) is 6.29 Å². The first-order valence-corrected chi connectivity index (χ1v) is 9.03. The Kier molecular flexibility index (Phi) is 8.48. The Morgan fingerprint density at radius 2 is 0.919 bits per heavy atom. The zero-order valence-corrected chi connectivity index (χ0v) is 18.0. The van der Waals surface area contributed by atoms with E-state index in [4.69, 9.17) is 5.21 Å². The van der Waals surface area contributed by atoms with E-state index in [1.165, 1.54) is 0 Å². The quantitative estimate of drug-likeness (QED) is 0.156. The molecule has 0 aliphatic carbocycles. The van der Waals surface area contributed by atoms with Crippen molar-refractivity contribution >= 4 is 12.5 Å². The van der Waals surface area contributed by atoms with Crippen molar-refractivity contribution in [2.45, 2.75) is 36.0 Å². The molecular formula is C18H13F14N3O2. The van der Waals surface area contributed by atoms with Crippen LogP contribution in [0.5, 0.6) is 0 Å². The molecule has 0 amide bonds. The number of hydrogen-bond acceptors (Lipinski definition) is 3. The highest BCUT2D eigenvalue weighted by Crippen LogP contribution is 2.54. The van der Waals surface area contributed by atoms with Gasteiger partial charge >= 0.3 is 36.0 Å². The summed E-state index contributed by atoms with van der Waals surface area (Å²) >= 11 is 0. The maximum atomic E-state index is 13.7. The zero-order chi connectivity index (χ0) is 29.4. The van der Waals surface area contributed by atoms with E-state index in [2.05, 4.69) is 5.16 Å². The number of carbonyl (C=O) groups excluding carboxylic acids is 1. The molecule has 0 atom stereocenters. The van der Waals surface area contributed by atoms with Crippen molar-refractivity contribution in [3.05, 3.63) is 47.0 Å². The summed E-state index contributed by atoms with van der Waals surface area (Å²) in [5, 5.41) is 10.6. The lowest BCUT2D eigenvalue weighted by atomic mass is 10.0.